The molecule has 0 saturated carbocycles. The van der Waals surface area contributed by atoms with Crippen LogP contribution in [0.15, 0.2) is 73.7 Å². The molecule has 5 heteroatoms. The van der Waals surface area contributed by atoms with Crippen LogP contribution in [0.5, 0.6) is 0 Å². The van der Waals surface area contributed by atoms with E-state index in [1.807, 2.05) is 42.5 Å². The van der Waals surface area contributed by atoms with Gasteiger partial charge in [0.05, 0.1) is 6.20 Å². The molecule has 2 aromatic rings. The van der Waals surface area contributed by atoms with Gasteiger partial charge in [-0.05, 0) is 30.2 Å². The number of aromatic nitrogens is 2. The first kappa shape index (κ1) is 15.8. The molecule has 1 saturated heterocycles. The number of carbonyl (C=O) groups is 1. The molecular formula is C19H20N4O. The first-order valence-corrected chi connectivity index (χ1v) is 7.83. The number of aromatic amines is 1. The molecule has 2 heterocycles. The summed E-state index contributed by atoms with van der Waals surface area (Å²) < 4.78 is 0. The van der Waals surface area contributed by atoms with Crippen LogP contribution in [-0.2, 0) is 4.79 Å². The molecule has 1 amide bonds. The fourth-order valence-electron chi connectivity index (χ4n) is 2.64. The molecule has 1 aliphatic rings. The standard InChI is InChI=1S/C19H20N4O/c1-14(16-12-20-21-13-16)8-9-15(2)23-11-10-18(19(23)24)22-17-6-4-3-5-7-17/h3-9,12-13,18,22H,1-2,10-11H2,(H,20,21)/b9-8-. The molecule has 24 heavy (non-hydrogen) atoms. The zero-order valence-corrected chi connectivity index (χ0v) is 13.4. The molecule has 0 bridgehead atoms. The summed E-state index contributed by atoms with van der Waals surface area (Å²) in [7, 11) is 0. The zero-order chi connectivity index (χ0) is 16.9. The molecule has 5 nitrogen and oxygen atoms in total. The average molecular weight is 320 g/mol. The van der Waals surface area contributed by atoms with Crippen LogP contribution in [-0.4, -0.2) is 33.6 Å². The molecule has 1 atom stereocenters. The van der Waals surface area contributed by atoms with Crippen molar-refractivity contribution in [3.63, 3.8) is 0 Å². The molecule has 2 N–H and O–H groups in total. The largest absolute Gasteiger partial charge is 0.374 e. The Bertz CT molecular complexity index is 762. The number of allylic oxidation sites excluding steroid dienone is 3. The van der Waals surface area contributed by atoms with Gasteiger partial charge in [-0.25, -0.2) is 0 Å². The quantitative estimate of drug-likeness (QED) is 0.804. The lowest BCUT2D eigenvalue weighted by Gasteiger charge is -2.18. The molecule has 3 rings (SSSR count). The number of rotatable bonds is 6. The van der Waals surface area contributed by atoms with Gasteiger partial charge in [-0.2, -0.15) is 5.10 Å². The van der Waals surface area contributed by atoms with Crippen LogP contribution in [0.4, 0.5) is 5.69 Å². The fraction of sp³-hybridized carbons (Fsp3) is 0.158. The number of hydrogen-bond donors (Lipinski definition) is 2. The van der Waals surface area contributed by atoms with E-state index in [1.165, 1.54) is 0 Å². The van der Waals surface area contributed by atoms with Crippen molar-refractivity contribution in [1.82, 2.24) is 15.1 Å². The molecule has 1 aromatic heterocycles. The molecule has 0 radical (unpaired) electrons. The van der Waals surface area contributed by atoms with Gasteiger partial charge >= 0.3 is 0 Å². The van der Waals surface area contributed by atoms with E-state index in [1.54, 1.807) is 17.3 Å². The third kappa shape index (κ3) is 3.46. The summed E-state index contributed by atoms with van der Waals surface area (Å²) in [4.78, 5) is 14.3. The molecule has 1 unspecified atom stereocenters. The molecule has 1 aliphatic heterocycles. The molecule has 0 spiro atoms. The first-order chi connectivity index (χ1) is 11.6. The predicted molar refractivity (Wildman–Crippen MR) is 96.1 cm³/mol. The number of carbonyl (C=O) groups excluding carboxylic acids is 1. The van der Waals surface area contributed by atoms with E-state index < -0.39 is 0 Å². The second kappa shape index (κ2) is 7.00. The van der Waals surface area contributed by atoms with E-state index in [2.05, 4.69) is 28.7 Å². The predicted octanol–water partition coefficient (Wildman–Crippen LogP) is 3.21. The summed E-state index contributed by atoms with van der Waals surface area (Å²) in [6.07, 6.45) is 7.90. The van der Waals surface area contributed by atoms with E-state index in [9.17, 15) is 4.79 Å². The number of para-hydroxylation sites is 1. The van der Waals surface area contributed by atoms with E-state index in [0.29, 0.717) is 12.2 Å². The van der Waals surface area contributed by atoms with Crippen molar-refractivity contribution in [3.8, 4) is 0 Å². The van der Waals surface area contributed by atoms with Gasteiger partial charge in [-0.3, -0.25) is 9.89 Å². The monoisotopic (exact) mass is 320 g/mol. The third-order valence-corrected chi connectivity index (χ3v) is 4.01. The molecule has 122 valence electrons. The summed E-state index contributed by atoms with van der Waals surface area (Å²) >= 11 is 0. The van der Waals surface area contributed by atoms with Crippen LogP contribution >= 0.6 is 0 Å². The van der Waals surface area contributed by atoms with Crippen LogP contribution in [0.25, 0.3) is 5.57 Å². The number of H-pyrrole nitrogens is 1. The second-order valence-electron chi connectivity index (χ2n) is 5.68. The minimum Gasteiger partial charge on any atom is -0.374 e. The molecule has 0 aliphatic carbocycles. The van der Waals surface area contributed by atoms with Crippen LogP contribution in [0.1, 0.15) is 12.0 Å². The van der Waals surface area contributed by atoms with E-state index in [-0.39, 0.29) is 11.9 Å². The van der Waals surface area contributed by atoms with Crippen LogP contribution in [0.3, 0.4) is 0 Å². The maximum Gasteiger partial charge on any atom is 0.249 e. The average Bonchev–Trinajstić information content (AvgIpc) is 3.25. The minimum atomic E-state index is -0.213. The lowest BCUT2D eigenvalue weighted by atomic mass is 10.1. The van der Waals surface area contributed by atoms with Crippen molar-refractivity contribution >= 4 is 17.2 Å². The highest BCUT2D eigenvalue weighted by molar-refractivity contribution is 5.88. The topological polar surface area (TPSA) is 61.0 Å². The lowest BCUT2D eigenvalue weighted by molar-refractivity contribution is -0.126. The van der Waals surface area contributed by atoms with Gasteiger partial charge in [0.1, 0.15) is 6.04 Å². The summed E-state index contributed by atoms with van der Waals surface area (Å²) in [6.45, 7) is 8.65. The number of nitrogens with one attached hydrogen (secondary N) is 2. The van der Waals surface area contributed by atoms with E-state index >= 15 is 0 Å². The lowest BCUT2D eigenvalue weighted by Crippen LogP contribution is -2.32. The van der Waals surface area contributed by atoms with Crippen molar-refractivity contribution in [1.29, 1.82) is 0 Å². The van der Waals surface area contributed by atoms with Crippen LogP contribution in [0, 0.1) is 0 Å². The van der Waals surface area contributed by atoms with Gasteiger partial charge in [-0.15, -0.1) is 0 Å². The van der Waals surface area contributed by atoms with Gasteiger partial charge in [-0.1, -0.05) is 37.4 Å². The Hall–Kier alpha value is -3.08. The van der Waals surface area contributed by atoms with Crippen molar-refractivity contribution in [3.05, 3.63) is 79.3 Å². The van der Waals surface area contributed by atoms with Crippen molar-refractivity contribution in [2.75, 3.05) is 11.9 Å². The summed E-state index contributed by atoms with van der Waals surface area (Å²) in [6, 6.07) is 9.55. The van der Waals surface area contributed by atoms with E-state index in [0.717, 1.165) is 23.2 Å². The van der Waals surface area contributed by atoms with Crippen molar-refractivity contribution < 1.29 is 4.79 Å². The smallest absolute Gasteiger partial charge is 0.249 e. The first-order valence-electron chi connectivity index (χ1n) is 7.83. The Balaban J connectivity index is 1.60. The Morgan fingerprint density at radius 1 is 1.29 bits per heavy atom. The van der Waals surface area contributed by atoms with Gasteiger partial charge < -0.3 is 10.2 Å². The zero-order valence-electron chi connectivity index (χ0n) is 13.4. The molecule has 1 fully saturated rings. The minimum absolute atomic E-state index is 0.0439. The summed E-state index contributed by atoms with van der Waals surface area (Å²) in [5, 5.41) is 9.92. The number of likely N-dealkylation sites (tertiary alicyclic amines) is 1. The Morgan fingerprint density at radius 2 is 2.08 bits per heavy atom. The van der Waals surface area contributed by atoms with Gasteiger partial charge in [0.2, 0.25) is 5.91 Å². The Kier molecular flexibility index (Phi) is 4.61. The number of amides is 1. The highest BCUT2D eigenvalue weighted by atomic mass is 16.2. The van der Waals surface area contributed by atoms with Gasteiger partial charge in [0, 0.05) is 29.7 Å². The highest BCUT2D eigenvalue weighted by Gasteiger charge is 2.32. The highest BCUT2D eigenvalue weighted by Crippen LogP contribution is 2.21. The fourth-order valence-corrected chi connectivity index (χ4v) is 2.64. The number of hydrogen-bond acceptors (Lipinski definition) is 3. The maximum absolute atomic E-state index is 12.6. The summed E-state index contributed by atoms with van der Waals surface area (Å²) in [5.41, 5.74) is 3.35. The normalized spacial score (nSPS) is 17.4. The second-order valence-corrected chi connectivity index (χ2v) is 5.68. The van der Waals surface area contributed by atoms with Crippen LogP contribution in [0.2, 0.25) is 0 Å². The number of nitrogens with zero attached hydrogens (tertiary/aromatic N) is 2. The maximum atomic E-state index is 12.6. The van der Waals surface area contributed by atoms with Gasteiger partial charge in [0.25, 0.3) is 0 Å². The van der Waals surface area contributed by atoms with Gasteiger partial charge in [0.15, 0.2) is 0 Å². The Labute approximate surface area is 141 Å². The Morgan fingerprint density at radius 3 is 2.79 bits per heavy atom. The molecule has 1 aromatic carbocycles. The SMILES string of the molecule is C=C(/C=C\C(=C)N1CCC(Nc2ccccc2)C1=O)c1cn[nH]c1. The third-order valence-electron chi connectivity index (χ3n) is 4.01. The van der Waals surface area contributed by atoms with Crippen molar-refractivity contribution in [2.45, 2.75) is 12.5 Å². The number of benzene rings is 1. The summed E-state index contributed by atoms with van der Waals surface area (Å²) in [5.74, 6) is 0.0439. The molecular weight excluding hydrogens is 300 g/mol. The number of anilines is 1. The van der Waals surface area contributed by atoms with Crippen molar-refractivity contribution in [2.24, 2.45) is 0 Å². The van der Waals surface area contributed by atoms with E-state index in [4.69, 9.17) is 0 Å². The van der Waals surface area contributed by atoms with Crippen LogP contribution < -0.4 is 5.32 Å².